The van der Waals surface area contributed by atoms with E-state index in [-0.39, 0.29) is 0 Å². The Morgan fingerprint density at radius 2 is 2.00 bits per heavy atom. The van der Waals surface area contributed by atoms with Crippen LogP contribution in [0, 0.1) is 11.7 Å². The number of hydrogen-bond acceptors (Lipinski definition) is 5. The first-order valence-electron chi connectivity index (χ1n) is 9.47. The van der Waals surface area contributed by atoms with Gasteiger partial charge in [0.15, 0.2) is 17.3 Å². The van der Waals surface area contributed by atoms with Crippen molar-refractivity contribution in [2.45, 2.75) is 39.8 Å². The molecule has 0 aliphatic rings. The Bertz CT molecular complexity index is 1030. The van der Waals surface area contributed by atoms with Crippen molar-refractivity contribution in [3.05, 3.63) is 68.2 Å². The van der Waals surface area contributed by atoms with Crippen LogP contribution >= 0.6 is 28.1 Å². The Labute approximate surface area is 184 Å². The molecule has 3 aromatic rings. The van der Waals surface area contributed by atoms with Crippen molar-refractivity contribution in [3.8, 4) is 11.5 Å². The van der Waals surface area contributed by atoms with E-state index >= 15 is 0 Å². The average Bonchev–Trinajstić information content (AvgIpc) is 3.06. The van der Waals surface area contributed by atoms with Crippen molar-refractivity contribution in [2.24, 2.45) is 0 Å². The number of H-pyrrole nitrogens is 1. The summed E-state index contributed by atoms with van der Waals surface area (Å²) >= 11 is 8.97. The number of hydrogen-bond donors (Lipinski definition) is 2. The number of rotatable bonds is 9. The van der Waals surface area contributed by atoms with Gasteiger partial charge in [-0.1, -0.05) is 47.1 Å². The van der Waals surface area contributed by atoms with Crippen LogP contribution in [-0.4, -0.2) is 22.0 Å². The van der Waals surface area contributed by atoms with Gasteiger partial charge in [0.1, 0.15) is 6.61 Å². The third-order valence-electron chi connectivity index (χ3n) is 4.62. The fourth-order valence-corrected chi connectivity index (χ4v) is 3.64. The zero-order valence-corrected chi connectivity index (χ0v) is 19.2. The number of halogens is 1. The fourth-order valence-electron chi connectivity index (χ4n) is 2.96. The molecule has 154 valence electrons. The molecule has 0 radical (unpaired) electrons. The van der Waals surface area contributed by atoms with Gasteiger partial charge >= 0.3 is 0 Å². The predicted octanol–water partition coefficient (Wildman–Crippen LogP) is 5.30. The van der Waals surface area contributed by atoms with Gasteiger partial charge in [0.2, 0.25) is 4.77 Å². The molecule has 1 aromatic heterocycles. The lowest BCUT2D eigenvalue weighted by atomic mass is 10.1. The minimum Gasteiger partial charge on any atom is -0.493 e. The smallest absolute Gasteiger partial charge is 0.214 e. The zero-order chi connectivity index (χ0) is 20.8. The maximum atomic E-state index is 6.04. The van der Waals surface area contributed by atoms with Gasteiger partial charge in [0.05, 0.1) is 13.7 Å². The van der Waals surface area contributed by atoms with Crippen LogP contribution < -0.4 is 14.9 Å². The lowest BCUT2D eigenvalue weighted by Gasteiger charge is -2.16. The number of aromatic nitrogens is 3. The number of methoxy groups -OCH3 is 1. The van der Waals surface area contributed by atoms with Gasteiger partial charge in [-0.05, 0) is 54.4 Å². The molecule has 0 spiro atoms. The van der Waals surface area contributed by atoms with E-state index in [9.17, 15) is 0 Å². The van der Waals surface area contributed by atoms with Gasteiger partial charge in [0, 0.05) is 10.9 Å². The first-order chi connectivity index (χ1) is 14.0. The van der Waals surface area contributed by atoms with Gasteiger partial charge in [-0.25, -0.2) is 4.68 Å². The molecule has 0 saturated heterocycles. The molecule has 0 aliphatic heterocycles. The SMILES string of the molecule is CCCc1n[nH]c(=S)n1NCc1cc(OC)c(OCc2ccccc2C)cc1Br. The molecule has 8 heteroatoms. The monoisotopic (exact) mass is 476 g/mol. The second-order valence-corrected chi connectivity index (χ2v) is 7.92. The molecule has 0 amide bonds. The van der Waals surface area contributed by atoms with Crippen molar-refractivity contribution in [1.29, 1.82) is 0 Å². The minimum absolute atomic E-state index is 0.484. The van der Waals surface area contributed by atoms with Crippen molar-refractivity contribution >= 4 is 28.1 Å². The van der Waals surface area contributed by atoms with Gasteiger partial charge in [0.25, 0.3) is 0 Å². The molecule has 29 heavy (non-hydrogen) atoms. The average molecular weight is 477 g/mol. The molecular weight excluding hydrogens is 452 g/mol. The lowest BCUT2D eigenvalue weighted by Crippen LogP contribution is -2.18. The van der Waals surface area contributed by atoms with Crippen LogP contribution in [-0.2, 0) is 19.6 Å². The standard InChI is InChI=1S/C21H25BrN4O2S/c1-4-7-20-24-25-21(29)26(20)23-12-16-10-18(27-3)19(11-17(16)22)28-13-15-9-6-5-8-14(15)2/h5-6,8-11,23H,4,7,12-13H2,1-3H3,(H,25,29). The Kier molecular flexibility index (Phi) is 7.33. The summed E-state index contributed by atoms with van der Waals surface area (Å²) in [7, 11) is 1.65. The summed E-state index contributed by atoms with van der Waals surface area (Å²) < 4.78 is 14.9. The van der Waals surface area contributed by atoms with E-state index in [2.05, 4.69) is 57.5 Å². The number of ether oxygens (including phenoxy) is 2. The van der Waals surface area contributed by atoms with Crippen molar-refractivity contribution < 1.29 is 9.47 Å². The third kappa shape index (κ3) is 5.19. The Morgan fingerprint density at radius 1 is 1.21 bits per heavy atom. The van der Waals surface area contributed by atoms with Crippen LogP contribution in [0.3, 0.4) is 0 Å². The summed E-state index contributed by atoms with van der Waals surface area (Å²) in [5.74, 6) is 2.26. The van der Waals surface area contributed by atoms with E-state index in [0.717, 1.165) is 34.3 Å². The number of nitrogens with zero attached hydrogens (tertiary/aromatic N) is 2. The van der Waals surface area contributed by atoms with Crippen LogP contribution in [0.2, 0.25) is 0 Å². The van der Waals surface area contributed by atoms with Gasteiger partial charge in [-0.2, -0.15) is 5.10 Å². The Hall–Kier alpha value is -2.32. The van der Waals surface area contributed by atoms with Crippen molar-refractivity contribution in [3.63, 3.8) is 0 Å². The van der Waals surface area contributed by atoms with Crippen LogP contribution in [0.25, 0.3) is 0 Å². The summed E-state index contributed by atoms with van der Waals surface area (Å²) in [4.78, 5) is 0. The van der Waals surface area contributed by atoms with Crippen LogP contribution in [0.4, 0.5) is 0 Å². The van der Waals surface area contributed by atoms with E-state index < -0.39 is 0 Å². The van der Waals surface area contributed by atoms with E-state index in [0.29, 0.717) is 29.4 Å². The minimum atomic E-state index is 0.484. The maximum Gasteiger partial charge on any atom is 0.214 e. The molecule has 0 unspecified atom stereocenters. The molecule has 0 saturated carbocycles. The zero-order valence-electron chi connectivity index (χ0n) is 16.8. The van der Waals surface area contributed by atoms with E-state index in [1.807, 2.05) is 28.9 Å². The van der Waals surface area contributed by atoms with Crippen molar-refractivity contribution in [1.82, 2.24) is 14.9 Å². The first-order valence-corrected chi connectivity index (χ1v) is 10.7. The largest absolute Gasteiger partial charge is 0.493 e. The van der Waals surface area contributed by atoms with Gasteiger partial charge in [-0.15, -0.1) is 0 Å². The maximum absolute atomic E-state index is 6.04. The number of aryl methyl sites for hydroxylation is 2. The molecular formula is C21H25BrN4O2S. The molecule has 3 rings (SSSR count). The highest BCUT2D eigenvalue weighted by atomic mass is 79.9. The third-order valence-corrected chi connectivity index (χ3v) is 5.63. The number of aromatic amines is 1. The Morgan fingerprint density at radius 3 is 2.72 bits per heavy atom. The van der Waals surface area contributed by atoms with Gasteiger partial charge < -0.3 is 14.9 Å². The Balaban J connectivity index is 1.75. The van der Waals surface area contributed by atoms with E-state index in [1.54, 1.807) is 7.11 Å². The molecule has 2 N–H and O–H groups in total. The molecule has 0 atom stereocenters. The predicted molar refractivity (Wildman–Crippen MR) is 121 cm³/mol. The highest BCUT2D eigenvalue weighted by molar-refractivity contribution is 9.10. The first kappa shape index (κ1) is 21.4. The fraction of sp³-hybridized carbons (Fsp3) is 0.333. The topological polar surface area (TPSA) is 64.1 Å². The van der Waals surface area contributed by atoms with Crippen LogP contribution in [0.15, 0.2) is 40.9 Å². The van der Waals surface area contributed by atoms with Crippen LogP contribution in [0.5, 0.6) is 11.5 Å². The second kappa shape index (κ2) is 9.93. The van der Waals surface area contributed by atoms with E-state index in [1.165, 1.54) is 5.56 Å². The molecule has 6 nitrogen and oxygen atoms in total. The number of benzene rings is 2. The summed E-state index contributed by atoms with van der Waals surface area (Å²) in [6.07, 6.45) is 1.84. The van der Waals surface area contributed by atoms with Crippen molar-refractivity contribution in [2.75, 3.05) is 12.5 Å². The molecule has 1 heterocycles. The van der Waals surface area contributed by atoms with Gasteiger partial charge in [-0.3, -0.25) is 5.10 Å². The quantitative estimate of drug-likeness (QED) is 0.410. The highest BCUT2D eigenvalue weighted by Crippen LogP contribution is 2.34. The highest BCUT2D eigenvalue weighted by Gasteiger charge is 2.12. The molecule has 0 fully saturated rings. The van der Waals surface area contributed by atoms with Crippen LogP contribution in [0.1, 0.15) is 35.9 Å². The molecule has 0 bridgehead atoms. The molecule has 2 aromatic carbocycles. The second-order valence-electron chi connectivity index (χ2n) is 6.67. The normalized spacial score (nSPS) is 10.8. The lowest BCUT2D eigenvalue weighted by molar-refractivity contribution is 0.283. The summed E-state index contributed by atoms with van der Waals surface area (Å²) in [6.45, 7) is 5.23. The summed E-state index contributed by atoms with van der Waals surface area (Å²) in [5, 5.41) is 7.11. The molecule has 0 aliphatic carbocycles. The summed E-state index contributed by atoms with van der Waals surface area (Å²) in [6, 6.07) is 12.1. The summed E-state index contributed by atoms with van der Waals surface area (Å²) in [5.41, 5.74) is 6.70. The number of nitrogens with one attached hydrogen (secondary N) is 2. The van der Waals surface area contributed by atoms with E-state index in [4.69, 9.17) is 21.7 Å².